The van der Waals surface area contributed by atoms with Gasteiger partial charge in [0.15, 0.2) is 0 Å². The van der Waals surface area contributed by atoms with E-state index in [1.54, 1.807) is 0 Å². The molecule has 1 aliphatic carbocycles. The smallest absolute Gasteiger partial charge is 0.102 e. The largest absolute Gasteiger partial charge is 0.511 e. The van der Waals surface area contributed by atoms with Crippen LogP contribution in [0, 0.1) is 11.8 Å². The van der Waals surface area contributed by atoms with Crippen molar-refractivity contribution in [1.82, 2.24) is 0 Å². The molecule has 0 radical (unpaired) electrons. The molecule has 0 bridgehead atoms. The first-order chi connectivity index (χ1) is 6.00. The van der Waals surface area contributed by atoms with Gasteiger partial charge in [0.2, 0.25) is 0 Å². The summed E-state index contributed by atoms with van der Waals surface area (Å²) in [7, 11) is 0. The molecule has 3 heteroatoms. The monoisotopic (exact) mass is 202 g/mol. The van der Waals surface area contributed by atoms with Crippen molar-refractivity contribution < 1.29 is 10.2 Å². The van der Waals surface area contributed by atoms with Gasteiger partial charge in [-0.2, -0.15) is 0 Å². The highest BCUT2D eigenvalue weighted by Crippen LogP contribution is 2.33. The second-order valence-corrected chi connectivity index (χ2v) is 4.80. The van der Waals surface area contributed by atoms with Crippen LogP contribution in [0.2, 0.25) is 0 Å². The molecule has 2 atom stereocenters. The highest BCUT2D eigenvalue weighted by molar-refractivity contribution is 7.84. The summed E-state index contributed by atoms with van der Waals surface area (Å²) < 4.78 is 0. The second-order valence-electron chi connectivity index (χ2n) is 4.26. The fourth-order valence-corrected chi connectivity index (χ4v) is 2.11. The summed E-state index contributed by atoms with van der Waals surface area (Å²) in [6.45, 7) is 4.26. The van der Waals surface area contributed by atoms with Crippen LogP contribution < -0.4 is 0 Å². The molecule has 2 unspecified atom stereocenters. The highest BCUT2D eigenvalue weighted by Gasteiger charge is 2.27. The molecular weight excluding hydrogens is 184 g/mol. The molecule has 0 spiro atoms. The van der Waals surface area contributed by atoms with Gasteiger partial charge < -0.3 is 10.2 Å². The highest BCUT2D eigenvalue weighted by atomic mass is 32.1. The van der Waals surface area contributed by atoms with E-state index in [4.69, 9.17) is 0 Å². The average molecular weight is 202 g/mol. The van der Waals surface area contributed by atoms with Gasteiger partial charge in [0.05, 0.1) is 6.10 Å². The van der Waals surface area contributed by atoms with E-state index < -0.39 is 0 Å². The Kier molecular flexibility index (Phi) is 3.68. The minimum Gasteiger partial charge on any atom is -0.511 e. The molecule has 0 heterocycles. The van der Waals surface area contributed by atoms with Crippen molar-refractivity contribution in [3.63, 3.8) is 0 Å². The molecule has 0 amide bonds. The third-order valence-corrected chi connectivity index (χ3v) is 2.95. The van der Waals surface area contributed by atoms with Crippen LogP contribution >= 0.6 is 12.6 Å². The Morgan fingerprint density at radius 2 is 2.08 bits per heavy atom. The summed E-state index contributed by atoms with van der Waals surface area (Å²) in [5.41, 5.74) is 0. The molecule has 2 nitrogen and oxygen atoms in total. The summed E-state index contributed by atoms with van der Waals surface area (Å²) in [5, 5.41) is 19.2. The van der Waals surface area contributed by atoms with E-state index in [0.717, 1.165) is 6.42 Å². The van der Waals surface area contributed by atoms with E-state index in [2.05, 4.69) is 26.5 Å². The quantitative estimate of drug-likeness (QED) is 0.602. The van der Waals surface area contributed by atoms with Crippen LogP contribution in [0.1, 0.15) is 33.1 Å². The number of hydrogen-bond acceptors (Lipinski definition) is 3. The van der Waals surface area contributed by atoms with Gasteiger partial charge in [0, 0.05) is 17.7 Å². The number of aliphatic hydroxyl groups is 2. The van der Waals surface area contributed by atoms with Gasteiger partial charge in [-0.15, -0.1) is 12.6 Å². The van der Waals surface area contributed by atoms with Crippen molar-refractivity contribution in [2.24, 2.45) is 11.8 Å². The third kappa shape index (κ3) is 2.92. The Morgan fingerprint density at radius 1 is 1.46 bits per heavy atom. The topological polar surface area (TPSA) is 40.5 Å². The minimum absolute atomic E-state index is 0.205. The van der Waals surface area contributed by atoms with Crippen molar-refractivity contribution in [2.75, 3.05) is 0 Å². The number of rotatable bonds is 2. The molecule has 1 aliphatic rings. The van der Waals surface area contributed by atoms with Crippen molar-refractivity contribution >= 4 is 12.6 Å². The lowest BCUT2D eigenvalue weighted by molar-refractivity contribution is 0.0788. The van der Waals surface area contributed by atoms with E-state index in [-0.39, 0.29) is 12.0 Å². The summed E-state index contributed by atoms with van der Waals surface area (Å²) in [5.74, 6) is 1.13. The first-order valence-electron chi connectivity index (χ1n) is 4.78. The van der Waals surface area contributed by atoms with Gasteiger partial charge in [-0.05, 0) is 18.3 Å². The van der Waals surface area contributed by atoms with Crippen LogP contribution in [-0.2, 0) is 0 Å². The molecule has 0 aromatic carbocycles. The van der Waals surface area contributed by atoms with Crippen molar-refractivity contribution in [3.8, 4) is 0 Å². The zero-order chi connectivity index (χ0) is 10.0. The molecule has 0 saturated carbocycles. The Hall–Kier alpha value is -0.150. The number of hydrogen-bond donors (Lipinski definition) is 3. The first-order valence-corrected chi connectivity index (χ1v) is 5.23. The number of allylic oxidation sites excluding steroid dienone is 1. The third-order valence-electron chi connectivity index (χ3n) is 2.51. The van der Waals surface area contributed by atoms with Crippen LogP contribution in [0.5, 0.6) is 0 Å². The van der Waals surface area contributed by atoms with Crippen molar-refractivity contribution in [1.29, 1.82) is 0 Å². The molecule has 13 heavy (non-hydrogen) atoms. The average Bonchev–Trinajstić information content (AvgIpc) is 1.99. The van der Waals surface area contributed by atoms with Crippen LogP contribution in [-0.4, -0.2) is 16.3 Å². The number of aliphatic hydroxyl groups excluding tert-OH is 2. The fourth-order valence-electron chi connectivity index (χ4n) is 1.83. The first kappa shape index (κ1) is 10.9. The minimum atomic E-state index is -0.328. The summed E-state index contributed by atoms with van der Waals surface area (Å²) in [6, 6.07) is 0. The molecule has 0 fully saturated rings. The maximum Gasteiger partial charge on any atom is 0.102 e. The van der Waals surface area contributed by atoms with Gasteiger partial charge >= 0.3 is 0 Å². The second kappa shape index (κ2) is 4.38. The zero-order valence-corrected chi connectivity index (χ0v) is 9.09. The van der Waals surface area contributed by atoms with Crippen molar-refractivity contribution in [2.45, 2.75) is 39.2 Å². The summed E-state index contributed by atoms with van der Waals surface area (Å²) in [6.07, 6.45) is 1.72. The Labute approximate surface area is 85.1 Å². The SMILES string of the molecule is CC(C)CC1CC(O)=C(S)CC1O. The van der Waals surface area contributed by atoms with E-state index >= 15 is 0 Å². The molecule has 2 N–H and O–H groups in total. The van der Waals surface area contributed by atoms with Crippen LogP contribution in [0.25, 0.3) is 0 Å². The fraction of sp³-hybridized carbons (Fsp3) is 0.800. The standard InChI is InChI=1S/C10H18O2S/c1-6(2)3-7-4-9(12)10(13)5-8(7)11/h6-8,11-13H,3-5H2,1-2H3. The molecule has 1 rings (SSSR count). The molecule has 76 valence electrons. The van der Waals surface area contributed by atoms with E-state index in [1.807, 2.05) is 0 Å². The van der Waals surface area contributed by atoms with Crippen LogP contribution in [0.3, 0.4) is 0 Å². The predicted molar refractivity (Wildman–Crippen MR) is 56.8 cm³/mol. The zero-order valence-electron chi connectivity index (χ0n) is 8.20. The lowest BCUT2D eigenvalue weighted by Crippen LogP contribution is -2.26. The lowest BCUT2D eigenvalue weighted by Gasteiger charge is -2.29. The lowest BCUT2D eigenvalue weighted by atomic mass is 9.84. The molecular formula is C10H18O2S. The summed E-state index contributed by atoms with van der Waals surface area (Å²) in [4.78, 5) is 0.646. The van der Waals surface area contributed by atoms with Gasteiger partial charge in [-0.3, -0.25) is 0 Å². The van der Waals surface area contributed by atoms with Gasteiger partial charge in [0.1, 0.15) is 5.76 Å². The maximum absolute atomic E-state index is 9.71. The maximum atomic E-state index is 9.71. The predicted octanol–water partition coefficient (Wildman–Crippen LogP) is 2.50. The Balaban J connectivity index is 2.59. The van der Waals surface area contributed by atoms with Crippen molar-refractivity contribution in [3.05, 3.63) is 10.7 Å². The Morgan fingerprint density at radius 3 is 2.62 bits per heavy atom. The molecule has 0 aromatic rings. The van der Waals surface area contributed by atoms with E-state index in [0.29, 0.717) is 29.4 Å². The van der Waals surface area contributed by atoms with Gasteiger partial charge in [-0.25, -0.2) is 0 Å². The van der Waals surface area contributed by atoms with Gasteiger partial charge in [0.25, 0.3) is 0 Å². The van der Waals surface area contributed by atoms with Crippen LogP contribution in [0.4, 0.5) is 0 Å². The van der Waals surface area contributed by atoms with Gasteiger partial charge in [-0.1, -0.05) is 13.8 Å². The number of thiol groups is 1. The Bertz CT molecular complexity index is 211. The molecule has 0 aromatic heterocycles. The summed E-state index contributed by atoms with van der Waals surface area (Å²) >= 11 is 4.12. The molecule has 0 aliphatic heterocycles. The molecule has 0 saturated heterocycles. The van der Waals surface area contributed by atoms with E-state index in [9.17, 15) is 10.2 Å². The van der Waals surface area contributed by atoms with E-state index in [1.165, 1.54) is 0 Å². The van der Waals surface area contributed by atoms with Crippen LogP contribution in [0.15, 0.2) is 10.7 Å². The normalized spacial score (nSPS) is 29.9.